The lowest BCUT2D eigenvalue weighted by Crippen LogP contribution is -2.31. The zero-order valence-electron chi connectivity index (χ0n) is 16.9. The summed E-state index contributed by atoms with van der Waals surface area (Å²) in [6, 6.07) is 12.2. The summed E-state index contributed by atoms with van der Waals surface area (Å²) in [6.45, 7) is 1.99. The summed E-state index contributed by atoms with van der Waals surface area (Å²) >= 11 is 0. The average molecular weight is 421 g/mol. The van der Waals surface area contributed by atoms with E-state index in [0.29, 0.717) is 17.0 Å². The first-order valence-corrected chi connectivity index (χ1v) is 9.47. The number of aromatic nitrogens is 4. The highest BCUT2D eigenvalue weighted by molar-refractivity contribution is 5.64. The van der Waals surface area contributed by atoms with Crippen molar-refractivity contribution in [3.05, 3.63) is 98.8 Å². The number of nitrogens with zero attached hydrogens (tertiary/aromatic N) is 3. The van der Waals surface area contributed by atoms with Crippen LogP contribution in [0, 0.1) is 12.7 Å². The zero-order valence-corrected chi connectivity index (χ0v) is 16.9. The number of nitrogens with one attached hydrogen (secondary N) is 2. The Balaban J connectivity index is 1.64. The maximum Gasteiger partial charge on any atom is 0.289 e. The number of hydrogen-bond acceptors (Lipinski definition) is 5. The molecule has 0 bridgehead atoms. The molecule has 0 aliphatic carbocycles. The summed E-state index contributed by atoms with van der Waals surface area (Å²) in [5.74, 6) is 0.196. The number of H-pyrrole nitrogens is 1. The molecule has 9 heteroatoms. The van der Waals surface area contributed by atoms with Crippen molar-refractivity contribution in [2.24, 2.45) is 0 Å². The normalized spacial score (nSPS) is 10.8. The second-order valence-electron chi connectivity index (χ2n) is 6.99. The van der Waals surface area contributed by atoms with Crippen LogP contribution in [0.3, 0.4) is 0 Å². The summed E-state index contributed by atoms with van der Waals surface area (Å²) in [5, 5.41) is 5.49. The molecule has 0 atom stereocenters. The van der Waals surface area contributed by atoms with Crippen molar-refractivity contribution in [3.8, 4) is 11.4 Å². The van der Waals surface area contributed by atoms with Gasteiger partial charge in [0.1, 0.15) is 17.3 Å². The largest absolute Gasteiger partial charge is 0.494 e. The molecule has 158 valence electrons. The SMILES string of the molecule is COc1cc(Nc2cc(=O)[nH]n(Cc3ccc(F)cc3)c2=O)ccc1-n1cnc(C)c1. The van der Waals surface area contributed by atoms with E-state index >= 15 is 0 Å². The van der Waals surface area contributed by atoms with Crippen LogP contribution in [-0.2, 0) is 6.54 Å². The standard InChI is InChI=1S/C22H20FN5O3/c1-14-11-27(13-24-14)19-8-7-17(9-20(19)31-2)25-18-10-21(29)26-28(22(18)30)12-15-3-5-16(23)6-4-15/h3-11,13,25H,12H2,1-2H3,(H,26,29). The van der Waals surface area contributed by atoms with Crippen LogP contribution in [0.1, 0.15) is 11.3 Å². The van der Waals surface area contributed by atoms with Gasteiger partial charge in [-0.3, -0.25) is 14.7 Å². The Hall–Kier alpha value is -4.14. The molecule has 0 aliphatic heterocycles. The van der Waals surface area contributed by atoms with Crippen molar-refractivity contribution >= 4 is 11.4 Å². The minimum absolute atomic E-state index is 0.103. The van der Waals surface area contributed by atoms with Gasteiger partial charge in [0.25, 0.3) is 11.1 Å². The van der Waals surface area contributed by atoms with E-state index < -0.39 is 11.1 Å². The molecule has 0 radical (unpaired) electrons. The van der Waals surface area contributed by atoms with Crippen molar-refractivity contribution in [3.63, 3.8) is 0 Å². The van der Waals surface area contributed by atoms with E-state index in [0.717, 1.165) is 11.4 Å². The number of ether oxygens (including phenoxy) is 1. The lowest BCUT2D eigenvalue weighted by Gasteiger charge is -2.13. The van der Waals surface area contributed by atoms with Gasteiger partial charge in [-0.1, -0.05) is 12.1 Å². The van der Waals surface area contributed by atoms with Gasteiger partial charge in [0.2, 0.25) is 0 Å². The predicted octanol–water partition coefficient (Wildman–Crippen LogP) is 2.97. The maximum absolute atomic E-state index is 13.1. The van der Waals surface area contributed by atoms with Gasteiger partial charge in [0.05, 0.1) is 31.4 Å². The Kier molecular flexibility index (Phi) is 5.40. The smallest absolute Gasteiger partial charge is 0.289 e. The molecule has 0 aliphatic rings. The van der Waals surface area contributed by atoms with Gasteiger partial charge in [-0.25, -0.2) is 14.1 Å². The fraction of sp³-hybridized carbons (Fsp3) is 0.136. The number of hydrogen-bond donors (Lipinski definition) is 2. The first-order chi connectivity index (χ1) is 14.9. The van der Waals surface area contributed by atoms with Crippen LogP contribution >= 0.6 is 0 Å². The number of methoxy groups -OCH3 is 1. The van der Waals surface area contributed by atoms with Gasteiger partial charge in [-0.15, -0.1) is 0 Å². The number of aromatic amines is 1. The Labute approximate surface area is 176 Å². The van der Waals surface area contributed by atoms with Crippen molar-refractivity contribution in [2.45, 2.75) is 13.5 Å². The van der Waals surface area contributed by atoms with Crippen LogP contribution in [-0.4, -0.2) is 26.4 Å². The molecule has 2 aromatic heterocycles. The topological polar surface area (TPSA) is 93.9 Å². The van der Waals surface area contributed by atoms with Crippen LogP contribution in [0.4, 0.5) is 15.8 Å². The molecule has 0 amide bonds. The molecule has 0 fully saturated rings. The third kappa shape index (κ3) is 4.40. The first kappa shape index (κ1) is 20.1. The quantitative estimate of drug-likeness (QED) is 0.499. The monoisotopic (exact) mass is 421 g/mol. The first-order valence-electron chi connectivity index (χ1n) is 9.47. The molecular weight excluding hydrogens is 401 g/mol. The van der Waals surface area contributed by atoms with Gasteiger partial charge < -0.3 is 14.6 Å². The summed E-state index contributed by atoms with van der Waals surface area (Å²) < 4.78 is 21.6. The second-order valence-corrected chi connectivity index (χ2v) is 6.99. The van der Waals surface area contributed by atoms with Crippen LogP contribution in [0.15, 0.2) is 70.6 Å². The number of rotatable bonds is 6. The zero-order chi connectivity index (χ0) is 22.0. The van der Waals surface area contributed by atoms with E-state index in [2.05, 4.69) is 15.4 Å². The lowest BCUT2D eigenvalue weighted by atomic mass is 10.2. The number of halogens is 1. The molecule has 2 aromatic carbocycles. The summed E-state index contributed by atoms with van der Waals surface area (Å²) in [7, 11) is 1.55. The molecule has 0 spiro atoms. The van der Waals surface area contributed by atoms with E-state index in [9.17, 15) is 14.0 Å². The second kappa shape index (κ2) is 8.31. The minimum atomic E-state index is -0.443. The van der Waals surface area contributed by atoms with E-state index in [4.69, 9.17) is 4.74 Å². The van der Waals surface area contributed by atoms with Crippen LogP contribution < -0.4 is 21.2 Å². The Morgan fingerprint density at radius 1 is 1.13 bits per heavy atom. The van der Waals surface area contributed by atoms with Gasteiger partial charge in [0.15, 0.2) is 0 Å². The van der Waals surface area contributed by atoms with Crippen molar-refractivity contribution in [2.75, 3.05) is 12.4 Å². The van der Waals surface area contributed by atoms with Gasteiger partial charge in [-0.05, 0) is 36.8 Å². The molecule has 4 rings (SSSR count). The highest BCUT2D eigenvalue weighted by Gasteiger charge is 2.11. The molecule has 0 saturated heterocycles. The van der Waals surface area contributed by atoms with Crippen molar-refractivity contribution in [1.29, 1.82) is 0 Å². The Morgan fingerprint density at radius 3 is 2.58 bits per heavy atom. The Morgan fingerprint density at radius 2 is 1.90 bits per heavy atom. The molecule has 0 unspecified atom stereocenters. The molecular formula is C22H20FN5O3. The highest BCUT2D eigenvalue weighted by atomic mass is 19.1. The van der Waals surface area contributed by atoms with E-state index in [-0.39, 0.29) is 18.0 Å². The fourth-order valence-corrected chi connectivity index (χ4v) is 3.20. The van der Waals surface area contributed by atoms with Crippen LogP contribution in [0.2, 0.25) is 0 Å². The van der Waals surface area contributed by atoms with Crippen LogP contribution in [0.25, 0.3) is 5.69 Å². The predicted molar refractivity (Wildman–Crippen MR) is 115 cm³/mol. The summed E-state index contributed by atoms with van der Waals surface area (Å²) in [6.07, 6.45) is 3.56. The molecule has 4 aromatic rings. The van der Waals surface area contributed by atoms with Crippen molar-refractivity contribution < 1.29 is 9.13 Å². The van der Waals surface area contributed by atoms with E-state index in [1.807, 2.05) is 23.8 Å². The molecule has 2 N–H and O–H groups in total. The van der Waals surface area contributed by atoms with Crippen molar-refractivity contribution in [1.82, 2.24) is 19.3 Å². The number of benzene rings is 2. The number of aryl methyl sites for hydroxylation is 1. The van der Waals surface area contributed by atoms with Gasteiger partial charge >= 0.3 is 0 Å². The maximum atomic E-state index is 13.1. The minimum Gasteiger partial charge on any atom is -0.494 e. The average Bonchev–Trinajstić information content (AvgIpc) is 3.19. The number of imidazole rings is 1. The van der Waals surface area contributed by atoms with Gasteiger partial charge in [-0.2, -0.15) is 0 Å². The lowest BCUT2D eigenvalue weighted by molar-refractivity contribution is 0.413. The Bertz CT molecular complexity index is 1340. The summed E-state index contributed by atoms with van der Waals surface area (Å²) in [4.78, 5) is 29.2. The van der Waals surface area contributed by atoms with E-state index in [1.165, 1.54) is 22.9 Å². The summed E-state index contributed by atoms with van der Waals surface area (Å²) in [5.41, 5.74) is 2.16. The highest BCUT2D eigenvalue weighted by Crippen LogP contribution is 2.27. The fourth-order valence-electron chi connectivity index (χ4n) is 3.20. The van der Waals surface area contributed by atoms with E-state index in [1.54, 1.807) is 37.7 Å². The molecule has 0 saturated carbocycles. The van der Waals surface area contributed by atoms with Gasteiger partial charge in [0, 0.05) is 24.0 Å². The molecule has 31 heavy (non-hydrogen) atoms. The van der Waals surface area contributed by atoms with Crippen LogP contribution in [0.5, 0.6) is 5.75 Å². The third-order valence-electron chi connectivity index (χ3n) is 4.70. The molecule has 8 nitrogen and oxygen atoms in total. The number of anilines is 2. The third-order valence-corrected chi connectivity index (χ3v) is 4.70. The molecule has 2 heterocycles.